The van der Waals surface area contributed by atoms with Crippen molar-refractivity contribution in [2.45, 2.75) is 6.84 Å². The highest BCUT2D eigenvalue weighted by atomic mass is 79.9. The van der Waals surface area contributed by atoms with E-state index in [1.165, 1.54) is 0 Å². The minimum absolute atomic E-state index is 0.178. The molecule has 2 aromatic rings. The first-order valence-electron chi connectivity index (χ1n) is 5.75. The van der Waals surface area contributed by atoms with Crippen LogP contribution in [0.1, 0.15) is 11.1 Å². The van der Waals surface area contributed by atoms with Crippen molar-refractivity contribution in [2.75, 3.05) is 0 Å². The lowest BCUT2D eigenvalue weighted by Gasteiger charge is -2.31. The van der Waals surface area contributed by atoms with Crippen molar-refractivity contribution in [3.8, 4) is 11.5 Å². The summed E-state index contributed by atoms with van der Waals surface area (Å²) in [4.78, 5) is 0. The van der Waals surface area contributed by atoms with Gasteiger partial charge in [-0.15, -0.1) is 0 Å². The lowest BCUT2D eigenvalue weighted by molar-refractivity contribution is 0.0631. The van der Waals surface area contributed by atoms with E-state index in [4.69, 9.17) is 4.74 Å². The van der Waals surface area contributed by atoms with Crippen LogP contribution in [0.15, 0.2) is 48.5 Å². The third kappa shape index (κ3) is 4.45. The largest absolute Gasteiger partial charge is 0.508 e. The molecule has 0 aliphatic rings. The molecule has 0 heterocycles. The Morgan fingerprint density at radius 1 is 0.619 bits per heavy atom. The standard InChI is InChI=1S/C14H10Br4O3/c15-13(16,9-1-5-11(19)6-2-9)21-14(17,18)10-3-7-12(20)8-4-10/h1-8,19-20H. The van der Waals surface area contributed by atoms with Gasteiger partial charge < -0.3 is 14.9 Å². The highest BCUT2D eigenvalue weighted by Gasteiger charge is 2.38. The number of hydrogen-bond acceptors (Lipinski definition) is 3. The van der Waals surface area contributed by atoms with E-state index in [2.05, 4.69) is 63.7 Å². The van der Waals surface area contributed by atoms with Crippen molar-refractivity contribution in [3.05, 3.63) is 59.7 Å². The van der Waals surface area contributed by atoms with Gasteiger partial charge in [-0.3, -0.25) is 0 Å². The molecule has 0 aliphatic heterocycles. The minimum atomic E-state index is -0.974. The fourth-order valence-electron chi connectivity index (χ4n) is 1.59. The number of benzene rings is 2. The number of phenolic OH excluding ortho intramolecular Hbond substituents is 2. The van der Waals surface area contributed by atoms with Crippen LogP contribution in [0.4, 0.5) is 0 Å². The highest BCUT2D eigenvalue weighted by Crippen LogP contribution is 2.51. The average Bonchev–Trinajstić information content (AvgIpc) is 2.38. The number of hydrogen-bond donors (Lipinski definition) is 2. The van der Waals surface area contributed by atoms with Crippen molar-refractivity contribution >= 4 is 63.7 Å². The van der Waals surface area contributed by atoms with E-state index >= 15 is 0 Å². The molecule has 0 amide bonds. The maximum atomic E-state index is 9.35. The van der Waals surface area contributed by atoms with E-state index in [1.807, 2.05) is 0 Å². The lowest BCUT2D eigenvalue weighted by atomic mass is 10.2. The van der Waals surface area contributed by atoms with E-state index < -0.39 is 6.84 Å². The van der Waals surface area contributed by atoms with Crippen LogP contribution in [0.5, 0.6) is 11.5 Å². The van der Waals surface area contributed by atoms with Gasteiger partial charge in [0.1, 0.15) is 11.5 Å². The molecule has 0 unspecified atom stereocenters. The molecule has 7 heteroatoms. The van der Waals surface area contributed by atoms with Crippen molar-refractivity contribution in [1.82, 2.24) is 0 Å². The Kier molecular flexibility index (Phi) is 5.41. The Morgan fingerprint density at radius 3 is 1.19 bits per heavy atom. The molecule has 21 heavy (non-hydrogen) atoms. The number of rotatable bonds is 4. The summed E-state index contributed by atoms with van der Waals surface area (Å²) in [5.74, 6) is 0.356. The number of alkyl halides is 4. The molecule has 0 radical (unpaired) electrons. The Hall–Kier alpha value is -0.0800. The van der Waals surface area contributed by atoms with Gasteiger partial charge in [0.25, 0.3) is 0 Å². The normalized spacial score (nSPS) is 12.4. The molecular formula is C14H10Br4O3. The van der Waals surface area contributed by atoms with Crippen LogP contribution in [0.3, 0.4) is 0 Å². The van der Waals surface area contributed by atoms with E-state index in [1.54, 1.807) is 48.5 Å². The second kappa shape index (κ2) is 6.58. The molecular weight excluding hydrogens is 536 g/mol. The maximum absolute atomic E-state index is 9.35. The van der Waals surface area contributed by atoms with Crippen molar-refractivity contribution in [2.24, 2.45) is 0 Å². The second-order valence-electron chi connectivity index (χ2n) is 4.23. The summed E-state index contributed by atoms with van der Waals surface area (Å²) >= 11 is 13.9. The maximum Gasteiger partial charge on any atom is 0.206 e. The minimum Gasteiger partial charge on any atom is -0.508 e. The van der Waals surface area contributed by atoms with E-state index in [0.29, 0.717) is 0 Å². The molecule has 0 saturated heterocycles. The summed E-state index contributed by atoms with van der Waals surface area (Å²) in [6.45, 7) is 0. The molecule has 0 bridgehead atoms. The number of phenols is 2. The van der Waals surface area contributed by atoms with Crippen LogP contribution in [-0.2, 0) is 11.6 Å². The zero-order chi connectivity index (χ0) is 15.7. The van der Waals surface area contributed by atoms with Crippen molar-refractivity contribution in [3.63, 3.8) is 0 Å². The summed E-state index contributed by atoms with van der Waals surface area (Å²) in [5.41, 5.74) is 1.53. The van der Waals surface area contributed by atoms with Gasteiger partial charge >= 0.3 is 0 Å². The third-order valence-electron chi connectivity index (χ3n) is 2.66. The third-order valence-corrected chi connectivity index (χ3v) is 5.14. The molecule has 0 aliphatic carbocycles. The Morgan fingerprint density at radius 2 is 0.905 bits per heavy atom. The van der Waals surface area contributed by atoms with Gasteiger partial charge in [0.2, 0.25) is 6.84 Å². The van der Waals surface area contributed by atoms with Crippen LogP contribution >= 0.6 is 63.7 Å². The molecule has 2 N–H and O–H groups in total. The van der Waals surface area contributed by atoms with Crippen LogP contribution in [0.2, 0.25) is 0 Å². The monoisotopic (exact) mass is 542 g/mol. The molecule has 0 spiro atoms. The lowest BCUT2D eigenvalue weighted by Crippen LogP contribution is -2.24. The van der Waals surface area contributed by atoms with Crippen molar-refractivity contribution in [1.29, 1.82) is 0 Å². The fourth-order valence-corrected chi connectivity index (χ4v) is 4.49. The second-order valence-corrected chi connectivity index (χ2v) is 10.8. The zero-order valence-corrected chi connectivity index (χ0v) is 16.8. The van der Waals surface area contributed by atoms with Crippen molar-refractivity contribution < 1.29 is 14.9 Å². The van der Waals surface area contributed by atoms with Gasteiger partial charge in [0.05, 0.1) is 0 Å². The van der Waals surface area contributed by atoms with Crippen LogP contribution in [0, 0.1) is 0 Å². The number of halogens is 4. The predicted octanol–water partition coefficient (Wildman–Crippen LogP) is 5.61. The molecule has 0 fully saturated rings. The Balaban J connectivity index is 2.25. The van der Waals surface area contributed by atoms with Gasteiger partial charge in [-0.05, 0) is 88.0 Å². The zero-order valence-electron chi connectivity index (χ0n) is 10.4. The van der Waals surface area contributed by atoms with Crippen LogP contribution in [-0.4, -0.2) is 10.2 Å². The Labute approximate surface area is 155 Å². The smallest absolute Gasteiger partial charge is 0.206 e. The number of aromatic hydroxyl groups is 2. The molecule has 0 atom stereocenters. The first-order valence-corrected chi connectivity index (χ1v) is 8.93. The molecule has 112 valence electrons. The summed E-state index contributed by atoms with van der Waals surface area (Å²) in [6.07, 6.45) is 0. The van der Waals surface area contributed by atoms with E-state index in [9.17, 15) is 10.2 Å². The molecule has 2 aromatic carbocycles. The summed E-state index contributed by atoms with van der Waals surface area (Å²) < 4.78 is 4.03. The van der Waals surface area contributed by atoms with Gasteiger partial charge in [-0.25, -0.2) is 0 Å². The van der Waals surface area contributed by atoms with E-state index in [0.717, 1.165) is 11.1 Å². The summed E-state index contributed by atoms with van der Waals surface area (Å²) in [7, 11) is 0. The SMILES string of the molecule is Oc1ccc(C(Br)(Br)OC(Br)(Br)c2ccc(O)cc2)cc1. The molecule has 2 rings (SSSR count). The predicted molar refractivity (Wildman–Crippen MR) is 96.4 cm³/mol. The molecule has 0 aromatic heterocycles. The van der Waals surface area contributed by atoms with E-state index in [-0.39, 0.29) is 11.5 Å². The average molecular weight is 546 g/mol. The topological polar surface area (TPSA) is 49.7 Å². The quantitative estimate of drug-likeness (QED) is 0.491. The van der Waals surface area contributed by atoms with Crippen LogP contribution < -0.4 is 0 Å². The number of ether oxygens (including phenoxy) is 1. The van der Waals surface area contributed by atoms with Gasteiger partial charge in [-0.1, -0.05) is 24.3 Å². The first kappa shape index (κ1) is 17.3. The fraction of sp³-hybridized carbons (Fsp3) is 0.143. The first-order chi connectivity index (χ1) is 9.71. The Bertz CT molecular complexity index is 554. The highest BCUT2D eigenvalue weighted by molar-refractivity contribution is 9.25. The molecule has 3 nitrogen and oxygen atoms in total. The van der Waals surface area contributed by atoms with Gasteiger partial charge in [-0.2, -0.15) is 0 Å². The van der Waals surface area contributed by atoms with Crippen LogP contribution in [0.25, 0.3) is 0 Å². The summed E-state index contributed by atoms with van der Waals surface area (Å²) in [6, 6.07) is 13.2. The summed E-state index contributed by atoms with van der Waals surface area (Å²) in [5, 5.41) is 18.7. The van der Waals surface area contributed by atoms with Gasteiger partial charge in [0.15, 0.2) is 0 Å². The van der Waals surface area contributed by atoms with Gasteiger partial charge in [0, 0.05) is 11.1 Å². The molecule has 0 saturated carbocycles.